The summed E-state index contributed by atoms with van der Waals surface area (Å²) in [5.74, 6) is 0.756. The van der Waals surface area contributed by atoms with Crippen LogP contribution in [0.15, 0.2) is 50.9 Å². The molecule has 19 heavy (non-hydrogen) atoms. The highest BCUT2D eigenvalue weighted by atomic mass is 79.9. The van der Waals surface area contributed by atoms with Gasteiger partial charge in [-0.1, -0.05) is 11.8 Å². The molecule has 0 saturated heterocycles. The van der Waals surface area contributed by atoms with Crippen molar-refractivity contribution in [2.24, 2.45) is 5.73 Å². The van der Waals surface area contributed by atoms with Crippen molar-refractivity contribution in [3.8, 4) is 5.75 Å². The van der Waals surface area contributed by atoms with E-state index in [1.807, 2.05) is 18.2 Å². The monoisotopic (exact) mass is 337 g/mol. The number of hydrogen-bond donors (Lipinski definition) is 2. The number of nitrogens with zero attached hydrogens (tertiary/aromatic N) is 1. The van der Waals surface area contributed by atoms with E-state index in [-0.39, 0.29) is 5.84 Å². The summed E-state index contributed by atoms with van der Waals surface area (Å²) in [6.07, 6.45) is 1.73. The Labute approximate surface area is 124 Å². The molecule has 6 heteroatoms. The Balaban J connectivity index is 2.36. The number of nitrogens with two attached hydrogens (primary N) is 1. The number of amidine groups is 1. The Kier molecular flexibility index (Phi) is 4.44. The first-order chi connectivity index (χ1) is 9.10. The van der Waals surface area contributed by atoms with E-state index in [1.54, 1.807) is 25.4 Å². The molecule has 4 nitrogen and oxygen atoms in total. The average Bonchev–Trinajstić information content (AvgIpc) is 2.41. The predicted octanol–water partition coefficient (Wildman–Crippen LogP) is 3.29. The summed E-state index contributed by atoms with van der Waals surface area (Å²) in [7, 11) is 1.61. The van der Waals surface area contributed by atoms with E-state index in [4.69, 9.17) is 15.9 Å². The second kappa shape index (κ2) is 6.08. The van der Waals surface area contributed by atoms with Crippen molar-refractivity contribution >= 4 is 33.5 Å². The van der Waals surface area contributed by atoms with Crippen LogP contribution in [-0.2, 0) is 0 Å². The highest BCUT2D eigenvalue weighted by Crippen LogP contribution is 2.32. The van der Waals surface area contributed by atoms with Crippen molar-refractivity contribution < 1.29 is 4.74 Å². The molecule has 98 valence electrons. The summed E-state index contributed by atoms with van der Waals surface area (Å²) in [5, 5.41) is 8.43. The molecule has 1 aromatic heterocycles. The number of nitrogens with one attached hydrogen (secondary N) is 1. The van der Waals surface area contributed by atoms with Crippen LogP contribution in [0.3, 0.4) is 0 Å². The van der Waals surface area contributed by atoms with Gasteiger partial charge in [-0.3, -0.25) is 5.41 Å². The highest BCUT2D eigenvalue weighted by Gasteiger charge is 2.09. The second-order valence-corrected chi connectivity index (χ2v) is 5.67. The summed E-state index contributed by atoms with van der Waals surface area (Å²) in [6.45, 7) is 0. The lowest BCUT2D eigenvalue weighted by molar-refractivity contribution is 0.413. The number of hydrogen-bond acceptors (Lipinski definition) is 4. The summed E-state index contributed by atoms with van der Waals surface area (Å²) in [6, 6.07) is 9.24. The van der Waals surface area contributed by atoms with E-state index in [9.17, 15) is 0 Å². The Morgan fingerprint density at radius 2 is 2.16 bits per heavy atom. The first-order valence-corrected chi connectivity index (χ1v) is 7.03. The fourth-order valence-corrected chi connectivity index (χ4v) is 2.64. The molecule has 2 rings (SSSR count). The van der Waals surface area contributed by atoms with Crippen LogP contribution in [0.5, 0.6) is 5.75 Å². The van der Waals surface area contributed by atoms with E-state index >= 15 is 0 Å². The number of nitrogen functional groups attached to an aromatic ring is 1. The third-order valence-corrected chi connectivity index (χ3v) is 3.87. The van der Waals surface area contributed by atoms with Crippen molar-refractivity contribution in [1.29, 1.82) is 5.41 Å². The molecule has 0 aliphatic heterocycles. The van der Waals surface area contributed by atoms with E-state index < -0.39 is 0 Å². The zero-order chi connectivity index (χ0) is 13.8. The molecule has 0 amide bonds. The molecular formula is C13H12BrN3OS. The van der Waals surface area contributed by atoms with Gasteiger partial charge in [-0.15, -0.1) is 0 Å². The number of pyridine rings is 1. The molecule has 0 bridgehead atoms. The van der Waals surface area contributed by atoms with Gasteiger partial charge in [0.1, 0.15) is 16.6 Å². The van der Waals surface area contributed by atoms with Gasteiger partial charge in [-0.2, -0.15) is 0 Å². The van der Waals surface area contributed by atoms with Crippen molar-refractivity contribution in [2.45, 2.75) is 9.92 Å². The zero-order valence-electron chi connectivity index (χ0n) is 10.2. The Morgan fingerprint density at radius 3 is 2.74 bits per heavy atom. The molecule has 0 fully saturated rings. The molecule has 0 aliphatic rings. The van der Waals surface area contributed by atoms with Crippen molar-refractivity contribution in [2.75, 3.05) is 7.11 Å². The summed E-state index contributed by atoms with van der Waals surface area (Å²) >= 11 is 4.79. The number of benzene rings is 1. The number of aromatic nitrogens is 1. The van der Waals surface area contributed by atoms with E-state index in [0.29, 0.717) is 5.56 Å². The lowest BCUT2D eigenvalue weighted by atomic mass is 10.2. The lowest BCUT2D eigenvalue weighted by Gasteiger charge is -2.09. The normalized spacial score (nSPS) is 10.2. The molecular weight excluding hydrogens is 326 g/mol. The predicted molar refractivity (Wildman–Crippen MR) is 80.1 cm³/mol. The summed E-state index contributed by atoms with van der Waals surface area (Å²) in [4.78, 5) is 5.14. The molecule has 0 aliphatic carbocycles. The highest BCUT2D eigenvalue weighted by molar-refractivity contribution is 9.10. The topological polar surface area (TPSA) is 72.0 Å². The van der Waals surface area contributed by atoms with Gasteiger partial charge in [-0.05, 0) is 46.3 Å². The maximum Gasteiger partial charge on any atom is 0.123 e. The van der Waals surface area contributed by atoms with Gasteiger partial charge >= 0.3 is 0 Å². The van der Waals surface area contributed by atoms with Crippen LogP contribution in [0.25, 0.3) is 0 Å². The van der Waals surface area contributed by atoms with Crippen LogP contribution >= 0.6 is 27.7 Å². The quantitative estimate of drug-likeness (QED) is 0.663. The number of methoxy groups -OCH3 is 1. The van der Waals surface area contributed by atoms with Gasteiger partial charge in [0.15, 0.2) is 0 Å². The number of halogens is 1. The average molecular weight is 338 g/mol. The molecule has 1 aromatic carbocycles. The molecule has 1 heterocycles. The Bertz CT molecular complexity index is 601. The van der Waals surface area contributed by atoms with Gasteiger partial charge in [0, 0.05) is 21.1 Å². The van der Waals surface area contributed by atoms with E-state index in [2.05, 4.69) is 20.9 Å². The van der Waals surface area contributed by atoms with Gasteiger partial charge in [0.25, 0.3) is 0 Å². The Hall–Kier alpha value is -1.53. The SMILES string of the molecule is COc1ccc(C(=N)N)c(Sc2ccc(Br)cn2)c1. The molecule has 0 atom stereocenters. The van der Waals surface area contributed by atoms with Crippen molar-refractivity contribution in [3.05, 3.63) is 46.6 Å². The molecule has 0 unspecified atom stereocenters. The second-order valence-electron chi connectivity index (χ2n) is 3.69. The number of ether oxygens (including phenoxy) is 1. The summed E-state index contributed by atoms with van der Waals surface area (Å²) in [5.41, 5.74) is 6.26. The molecule has 3 N–H and O–H groups in total. The van der Waals surface area contributed by atoms with Crippen LogP contribution in [0, 0.1) is 5.41 Å². The molecule has 0 saturated carbocycles. The van der Waals surface area contributed by atoms with Crippen molar-refractivity contribution in [3.63, 3.8) is 0 Å². The van der Waals surface area contributed by atoms with E-state index in [0.717, 1.165) is 20.1 Å². The minimum atomic E-state index is 0.0299. The first kappa shape index (κ1) is 13.9. The lowest BCUT2D eigenvalue weighted by Crippen LogP contribution is -2.12. The zero-order valence-corrected chi connectivity index (χ0v) is 12.6. The maximum atomic E-state index is 7.60. The minimum absolute atomic E-state index is 0.0299. The van der Waals surface area contributed by atoms with Crippen LogP contribution in [0.1, 0.15) is 5.56 Å². The third kappa shape index (κ3) is 3.48. The standard InChI is InChI=1S/C13H12BrN3OS/c1-18-9-3-4-10(13(15)16)11(6-9)19-12-5-2-8(14)7-17-12/h2-7H,1H3,(H3,15,16). The smallest absolute Gasteiger partial charge is 0.123 e. The fourth-order valence-electron chi connectivity index (χ4n) is 1.47. The summed E-state index contributed by atoms with van der Waals surface area (Å²) < 4.78 is 6.12. The van der Waals surface area contributed by atoms with Crippen molar-refractivity contribution in [1.82, 2.24) is 4.98 Å². The number of rotatable bonds is 4. The fraction of sp³-hybridized carbons (Fsp3) is 0.0769. The van der Waals surface area contributed by atoms with Crippen LogP contribution in [-0.4, -0.2) is 17.9 Å². The molecule has 2 aromatic rings. The molecule has 0 radical (unpaired) electrons. The van der Waals surface area contributed by atoms with Gasteiger partial charge < -0.3 is 10.5 Å². The largest absolute Gasteiger partial charge is 0.497 e. The first-order valence-electron chi connectivity index (χ1n) is 5.42. The Morgan fingerprint density at radius 1 is 1.37 bits per heavy atom. The maximum absolute atomic E-state index is 7.60. The van der Waals surface area contributed by atoms with Crippen LogP contribution in [0.2, 0.25) is 0 Å². The third-order valence-electron chi connectivity index (χ3n) is 2.39. The van der Waals surface area contributed by atoms with Crippen LogP contribution < -0.4 is 10.5 Å². The van der Waals surface area contributed by atoms with Gasteiger partial charge in [-0.25, -0.2) is 4.98 Å². The van der Waals surface area contributed by atoms with E-state index in [1.165, 1.54) is 11.8 Å². The van der Waals surface area contributed by atoms with Gasteiger partial charge in [0.05, 0.1) is 7.11 Å². The van der Waals surface area contributed by atoms with Crippen LogP contribution in [0.4, 0.5) is 0 Å². The minimum Gasteiger partial charge on any atom is -0.497 e. The molecule has 0 spiro atoms. The van der Waals surface area contributed by atoms with Gasteiger partial charge in [0.2, 0.25) is 0 Å².